The van der Waals surface area contributed by atoms with Crippen LogP contribution >= 0.6 is 0 Å². The Morgan fingerprint density at radius 3 is 1.36 bits per heavy atom. The van der Waals surface area contributed by atoms with Crippen LogP contribution in [0.15, 0.2) is 10.2 Å². The van der Waals surface area contributed by atoms with E-state index in [0.29, 0.717) is 0 Å². The van der Waals surface area contributed by atoms with Crippen LogP contribution < -0.4 is 28.9 Å². The molecule has 0 fully saturated rings. The van der Waals surface area contributed by atoms with Crippen molar-refractivity contribution in [2.24, 2.45) is 33.6 Å². The molecule has 0 radical (unpaired) electrons. The molecule has 9 heteroatoms. The van der Waals surface area contributed by atoms with Gasteiger partial charge in [0.15, 0.2) is 0 Å². The fourth-order valence-corrected chi connectivity index (χ4v) is 0.320. The molecule has 0 aromatic rings. The van der Waals surface area contributed by atoms with Gasteiger partial charge in [0, 0.05) is 0 Å². The number of nitrogens with zero attached hydrogens (tertiary/aromatic N) is 4. The van der Waals surface area contributed by atoms with Gasteiger partial charge in [0.2, 0.25) is 0 Å². The van der Waals surface area contributed by atoms with Crippen LogP contribution in [-0.2, 0) is 0 Å². The van der Waals surface area contributed by atoms with E-state index < -0.39 is 9.84 Å². The Labute approximate surface area is 63.5 Å². The highest BCUT2D eigenvalue weighted by Crippen LogP contribution is 1.85. The number of nitrogens with one attached hydrogen (secondary N) is 1. The van der Waals surface area contributed by atoms with E-state index in [-0.39, 0.29) is 0 Å². The lowest BCUT2D eigenvalue weighted by Crippen LogP contribution is -2.79. The van der Waals surface area contributed by atoms with Crippen LogP contribution in [-0.4, -0.2) is 23.3 Å². The second-order valence-electron chi connectivity index (χ2n) is 1.86. The maximum Gasteiger partial charge on any atom is 0.124 e. The quantitative estimate of drug-likeness (QED) is 0.128. The summed E-state index contributed by atoms with van der Waals surface area (Å²) in [4.78, 5) is -2.02. The van der Waals surface area contributed by atoms with E-state index in [1.54, 1.807) is 0 Å². The van der Waals surface area contributed by atoms with Crippen molar-refractivity contribution >= 4 is 13.4 Å². The first-order valence-electron chi connectivity index (χ1n) is 2.51. The average Bonchev–Trinajstić information content (AvgIpc) is 1.86. The van der Waals surface area contributed by atoms with E-state index in [0.717, 1.165) is 0 Å². The predicted molar refractivity (Wildman–Crippen MR) is 39.5 cm³/mol. The molecule has 0 atom stereocenters. The number of hydrogen-bond donors (Lipinski definition) is 5. The first kappa shape index (κ1) is 10.1. The van der Waals surface area contributed by atoms with Gasteiger partial charge < -0.3 is 0 Å². The minimum absolute atomic E-state index is 1.01. The molecule has 0 bridgehead atoms. The van der Waals surface area contributed by atoms with Crippen LogP contribution in [0.2, 0.25) is 0 Å². The monoisotopic (exact) mass is 163 g/mol. The van der Waals surface area contributed by atoms with Crippen molar-refractivity contribution in [2.45, 2.75) is 0 Å². The largest absolute Gasteiger partial charge is 0.124 e. The first-order chi connectivity index (χ1) is 4.83. The van der Waals surface area contributed by atoms with E-state index in [1.807, 2.05) is 0 Å². The Hall–Kier alpha value is -0.940. The molecule has 0 aliphatic carbocycles. The zero-order chi connectivity index (χ0) is 9.12. The number of rotatable bonds is 4. The third-order valence-corrected chi connectivity index (χ3v) is 0.788. The molecule has 0 saturated carbocycles. The summed E-state index contributed by atoms with van der Waals surface area (Å²) >= 11 is 0. The van der Waals surface area contributed by atoms with Gasteiger partial charge in [-0.2, -0.15) is 0 Å². The van der Waals surface area contributed by atoms with Gasteiger partial charge in [0.05, 0.1) is 23.3 Å². The topological polar surface area (TPSA) is 141 Å². The van der Waals surface area contributed by atoms with Crippen molar-refractivity contribution in [1.29, 1.82) is 0 Å². The Morgan fingerprint density at radius 1 is 0.909 bits per heavy atom. The van der Waals surface area contributed by atoms with E-state index in [4.69, 9.17) is 23.4 Å². The molecule has 0 aliphatic rings. The highest BCUT2D eigenvalue weighted by Gasteiger charge is 2.30. The van der Waals surface area contributed by atoms with E-state index >= 15 is 0 Å². The van der Waals surface area contributed by atoms with Gasteiger partial charge in [-0.25, -0.2) is 0 Å². The molecular formula is C2H13N9+2. The molecule has 0 aliphatic heterocycles. The molecule has 0 spiro atoms. The smallest absolute Gasteiger partial charge is 0.109 e. The third-order valence-electron chi connectivity index (χ3n) is 0.788. The van der Waals surface area contributed by atoms with Gasteiger partial charge in [0.1, 0.15) is 5.53 Å². The molecule has 9 N–H and O–H groups in total. The van der Waals surface area contributed by atoms with Crippen LogP contribution in [0, 0.1) is 0 Å². The fraction of sp³-hybridized carbons (Fsp3) is 0. The summed E-state index contributed by atoms with van der Waals surface area (Å²) in [6.45, 7) is 6.15. The van der Waals surface area contributed by atoms with Crippen molar-refractivity contribution < 1.29 is 9.84 Å². The van der Waals surface area contributed by atoms with Crippen LogP contribution in [0.25, 0.3) is 0 Å². The zero-order valence-electron chi connectivity index (χ0n) is 6.01. The molecule has 0 amide bonds. The van der Waals surface area contributed by atoms with Crippen molar-refractivity contribution in [2.75, 3.05) is 0 Å². The third kappa shape index (κ3) is 3.69. The van der Waals surface area contributed by atoms with Crippen molar-refractivity contribution in [3.8, 4) is 0 Å². The lowest BCUT2D eigenvalue weighted by atomic mass is 11.6. The molecular weight excluding hydrogens is 150 g/mol. The van der Waals surface area contributed by atoms with E-state index in [2.05, 4.69) is 29.2 Å². The Kier molecular flexibility index (Phi) is 2.72. The minimum atomic E-state index is -1.01. The molecule has 0 aromatic carbocycles. The molecule has 0 heterocycles. The maximum atomic E-state index is 5.19. The van der Waals surface area contributed by atoms with Gasteiger partial charge in [0.25, 0.3) is 0 Å². The second kappa shape index (κ2) is 2.98. The van der Waals surface area contributed by atoms with Gasteiger partial charge >= 0.3 is 0 Å². The van der Waals surface area contributed by atoms with Crippen LogP contribution in [0.4, 0.5) is 0 Å². The molecule has 9 nitrogen and oxygen atoms in total. The second-order valence-corrected chi connectivity index (χ2v) is 1.86. The standard InChI is InChI=1S/C2H13N9/c1-7-10(3,4)9-11(5,6)8-2/h9H,1-6H2/q+2. The molecule has 0 unspecified atom stereocenters. The average molecular weight is 163 g/mol. The Balaban J connectivity index is 4.23. The summed E-state index contributed by atoms with van der Waals surface area (Å²) < 4.78 is 0. The molecule has 0 saturated heterocycles. The summed E-state index contributed by atoms with van der Waals surface area (Å²) in [5.74, 6) is 20.8. The number of hydrogen-bond acceptors (Lipinski definition) is 7. The lowest BCUT2D eigenvalue weighted by Gasteiger charge is -2.23. The van der Waals surface area contributed by atoms with Crippen molar-refractivity contribution in [3.63, 3.8) is 0 Å². The number of quaternary nitrogens is 2. The normalized spacial score (nSPS) is 12.7. The Bertz CT molecular complexity index is 139. The van der Waals surface area contributed by atoms with Crippen molar-refractivity contribution in [3.05, 3.63) is 0 Å². The molecule has 0 rings (SSSR count). The minimum Gasteiger partial charge on any atom is -0.109 e. The summed E-state index contributed by atoms with van der Waals surface area (Å²) in [5.41, 5.74) is 2.16. The summed E-state index contributed by atoms with van der Waals surface area (Å²) in [5, 5.41) is 6.44. The molecule has 0 aromatic heterocycles. The summed E-state index contributed by atoms with van der Waals surface area (Å²) in [7, 11) is 0. The highest BCUT2D eigenvalue weighted by molar-refractivity contribution is 5.21. The maximum absolute atomic E-state index is 5.19. The van der Waals surface area contributed by atoms with Gasteiger partial charge in [-0.3, -0.25) is 0 Å². The van der Waals surface area contributed by atoms with Crippen LogP contribution in [0.1, 0.15) is 0 Å². The highest BCUT2D eigenvalue weighted by atomic mass is 16.3. The van der Waals surface area contributed by atoms with Crippen LogP contribution in [0.5, 0.6) is 0 Å². The van der Waals surface area contributed by atoms with Gasteiger partial charge in [-0.05, 0) is 10.2 Å². The Morgan fingerprint density at radius 2 is 1.18 bits per heavy atom. The van der Waals surface area contributed by atoms with E-state index in [1.165, 1.54) is 0 Å². The first-order valence-corrected chi connectivity index (χ1v) is 2.51. The fourth-order valence-electron chi connectivity index (χ4n) is 0.320. The lowest BCUT2D eigenvalue weighted by molar-refractivity contribution is -1.19. The molecule has 64 valence electrons. The predicted octanol–water partition coefficient (Wildman–Crippen LogP) is -3.23. The van der Waals surface area contributed by atoms with Gasteiger partial charge in [-0.15, -0.1) is 23.4 Å². The summed E-state index contributed by atoms with van der Waals surface area (Å²) in [6.07, 6.45) is 0. The summed E-state index contributed by atoms with van der Waals surface area (Å²) in [6, 6.07) is 0. The molecule has 11 heavy (non-hydrogen) atoms. The van der Waals surface area contributed by atoms with Gasteiger partial charge in [-0.1, -0.05) is 0 Å². The number of nitrogens with two attached hydrogens (primary N) is 4. The van der Waals surface area contributed by atoms with E-state index in [9.17, 15) is 0 Å². The zero-order valence-corrected chi connectivity index (χ0v) is 6.01. The van der Waals surface area contributed by atoms with Crippen LogP contribution in [0.3, 0.4) is 0 Å². The SMILES string of the molecule is C=N[N+](N)(N)N[N+](N)(N)N=C. The van der Waals surface area contributed by atoms with Crippen molar-refractivity contribution in [1.82, 2.24) is 5.53 Å².